The van der Waals surface area contributed by atoms with Crippen molar-refractivity contribution in [3.63, 3.8) is 0 Å². The van der Waals surface area contributed by atoms with Crippen LogP contribution in [0.1, 0.15) is 13.3 Å². The molecule has 8 nitrogen and oxygen atoms in total. The van der Waals surface area contributed by atoms with Crippen LogP contribution < -0.4 is 5.32 Å². The molecule has 0 fully saturated rings. The maximum Gasteiger partial charge on any atom is 0.307 e. The number of carbonyl (C=O) groups is 1. The lowest BCUT2D eigenvalue weighted by molar-refractivity contribution is -0.140. The van der Waals surface area contributed by atoms with Gasteiger partial charge in [-0.1, -0.05) is 11.6 Å². The molecular weight excluding hydrogens is 529 g/mol. The third kappa shape index (κ3) is 4.01. The van der Waals surface area contributed by atoms with Gasteiger partial charge in [-0.25, -0.2) is 15.0 Å². The lowest BCUT2D eigenvalue weighted by atomic mass is 10.2. The number of nitrogens with zero attached hydrogens (tertiary/aromatic N) is 4. The van der Waals surface area contributed by atoms with E-state index in [1.54, 1.807) is 18.5 Å². The molecule has 0 aliphatic carbocycles. The first-order chi connectivity index (χ1) is 14.0. The summed E-state index contributed by atoms with van der Waals surface area (Å²) in [7, 11) is 2.85. The summed E-state index contributed by atoms with van der Waals surface area (Å²) in [5, 5.41) is 4.60. The van der Waals surface area contributed by atoms with Gasteiger partial charge in [0.2, 0.25) is 0 Å². The molecule has 0 amide bonds. The highest BCUT2D eigenvalue weighted by Crippen LogP contribution is 2.35. The number of ether oxygens (including phenoxy) is 1. The Hall–Kier alpha value is -2.05. The molecule has 0 bridgehead atoms. The van der Waals surface area contributed by atoms with Crippen molar-refractivity contribution in [2.75, 3.05) is 12.4 Å². The highest BCUT2D eigenvalue weighted by molar-refractivity contribution is 14.2. The van der Waals surface area contributed by atoms with Crippen molar-refractivity contribution in [2.45, 2.75) is 19.4 Å². The minimum absolute atomic E-state index is 0.197. The fourth-order valence-electron chi connectivity index (χ4n) is 2.98. The Labute approximate surface area is 187 Å². The first kappa shape index (κ1) is 20.2. The predicted octanol–water partition coefficient (Wildman–Crippen LogP) is 5.10. The molecular formula is C18H15ClIN5O3S. The molecule has 150 valence electrons. The van der Waals surface area contributed by atoms with E-state index in [0.29, 0.717) is 27.8 Å². The van der Waals surface area contributed by atoms with Gasteiger partial charge in [-0.3, -0.25) is 8.77 Å². The topological polar surface area (TPSA) is 95.1 Å². The minimum Gasteiger partial charge on any atom is -0.469 e. The molecule has 11 heteroatoms. The number of rotatable bonds is 6. The normalized spacial score (nSPS) is 12.4. The zero-order valence-corrected chi connectivity index (χ0v) is 19.1. The number of pyridine rings is 1. The van der Waals surface area contributed by atoms with E-state index in [2.05, 4.69) is 41.5 Å². The number of esters is 1. The molecule has 1 atom stereocenters. The molecule has 0 aliphatic rings. The van der Waals surface area contributed by atoms with Gasteiger partial charge in [-0.05, 0) is 13.0 Å². The smallest absolute Gasteiger partial charge is 0.307 e. The van der Waals surface area contributed by atoms with Crippen LogP contribution in [0, 0.1) is 0 Å². The predicted molar refractivity (Wildman–Crippen MR) is 122 cm³/mol. The fourth-order valence-corrected chi connectivity index (χ4v) is 4.40. The molecule has 0 saturated carbocycles. The molecule has 4 heterocycles. The van der Waals surface area contributed by atoms with Gasteiger partial charge in [0.1, 0.15) is 5.52 Å². The minimum atomic E-state index is -0.308. The Kier molecular flexibility index (Phi) is 5.83. The number of furan rings is 1. The molecule has 4 aromatic rings. The van der Waals surface area contributed by atoms with Crippen molar-refractivity contribution in [2.24, 2.45) is 0 Å². The number of aromatic nitrogens is 4. The summed E-state index contributed by atoms with van der Waals surface area (Å²) >= 11 is 8.37. The van der Waals surface area contributed by atoms with Crippen LogP contribution in [0.3, 0.4) is 0 Å². The first-order valence-electron chi connectivity index (χ1n) is 8.54. The molecule has 1 unspecified atom stereocenters. The Morgan fingerprint density at radius 3 is 3.07 bits per heavy atom. The van der Waals surface area contributed by atoms with Gasteiger partial charge in [-0.15, -0.1) is 0 Å². The van der Waals surface area contributed by atoms with Gasteiger partial charge in [0, 0.05) is 65.8 Å². The summed E-state index contributed by atoms with van der Waals surface area (Å²) < 4.78 is 12.2. The summed E-state index contributed by atoms with van der Waals surface area (Å²) in [6.07, 6.45) is 5.29. The molecule has 4 aromatic heterocycles. The van der Waals surface area contributed by atoms with Crippen molar-refractivity contribution in [3.8, 4) is 11.4 Å². The Balaban J connectivity index is 1.82. The van der Waals surface area contributed by atoms with Crippen molar-refractivity contribution in [1.29, 1.82) is 0 Å². The van der Waals surface area contributed by atoms with E-state index >= 15 is 0 Å². The van der Waals surface area contributed by atoms with E-state index in [9.17, 15) is 4.79 Å². The number of fused-ring (bicyclic) bond motifs is 2. The number of anilines is 1. The molecule has 0 aliphatic heterocycles. The number of hydrogen-bond acceptors (Lipinski definition) is 8. The zero-order valence-electron chi connectivity index (χ0n) is 15.3. The maximum atomic E-state index is 11.6. The molecule has 29 heavy (non-hydrogen) atoms. The molecule has 0 radical (unpaired) electrons. The second-order valence-corrected chi connectivity index (χ2v) is 8.47. The van der Waals surface area contributed by atoms with Crippen molar-refractivity contribution in [3.05, 3.63) is 35.8 Å². The standard InChI is InChI=1S/C18H15ClIN5O3S/c1-9(5-14(26)27-2)22-17-15-13(3-4-28-15)23-16(24-17)12-8-25(29-20)18-11(12)6-10(19)7-21-18/h3-4,6-9H,5H2,1-2H3,(H,22,23,24). The summed E-state index contributed by atoms with van der Waals surface area (Å²) in [4.78, 5) is 25.3. The van der Waals surface area contributed by atoms with Gasteiger partial charge in [0.15, 0.2) is 22.9 Å². The van der Waals surface area contributed by atoms with Gasteiger partial charge >= 0.3 is 5.97 Å². The SMILES string of the molecule is COC(=O)CC(C)Nc1nc(-c2cn(SI)c3ncc(Cl)cc23)nc2ccoc12. The van der Waals surface area contributed by atoms with Crippen LogP contribution in [-0.4, -0.2) is 38.0 Å². The largest absolute Gasteiger partial charge is 0.469 e. The second-order valence-electron chi connectivity index (χ2n) is 6.32. The van der Waals surface area contributed by atoms with E-state index < -0.39 is 0 Å². The average molecular weight is 544 g/mol. The van der Waals surface area contributed by atoms with E-state index in [-0.39, 0.29) is 18.4 Å². The van der Waals surface area contributed by atoms with Gasteiger partial charge in [0.25, 0.3) is 0 Å². The second kappa shape index (κ2) is 8.36. The summed E-state index contributed by atoms with van der Waals surface area (Å²) in [6, 6.07) is 3.41. The molecule has 1 N–H and O–H groups in total. The van der Waals surface area contributed by atoms with Crippen LogP contribution in [-0.2, 0) is 9.53 Å². The van der Waals surface area contributed by atoms with Crippen LogP contribution in [0.4, 0.5) is 5.82 Å². The summed E-state index contributed by atoms with van der Waals surface area (Å²) in [6.45, 7) is 1.87. The highest BCUT2D eigenvalue weighted by Gasteiger charge is 2.19. The lowest BCUT2D eigenvalue weighted by Gasteiger charge is -2.14. The van der Waals surface area contributed by atoms with Crippen LogP contribution in [0.15, 0.2) is 35.2 Å². The Morgan fingerprint density at radius 2 is 2.31 bits per heavy atom. The van der Waals surface area contributed by atoms with Crippen molar-refractivity contribution in [1.82, 2.24) is 18.9 Å². The monoisotopic (exact) mass is 543 g/mol. The number of methoxy groups -OCH3 is 1. The van der Waals surface area contributed by atoms with E-state index in [4.69, 9.17) is 20.8 Å². The van der Waals surface area contributed by atoms with Crippen LogP contribution in [0.25, 0.3) is 33.5 Å². The summed E-state index contributed by atoms with van der Waals surface area (Å²) in [5.74, 6) is 0.701. The van der Waals surface area contributed by atoms with Crippen molar-refractivity contribution >= 4 is 75.8 Å². The summed E-state index contributed by atoms with van der Waals surface area (Å²) in [5.41, 5.74) is 2.74. The van der Waals surface area contributed by atoms with Crippen molar-refractivity contribution < 1.29 is 13.9 Å². The number of carbonyl (C=O) groups excluding carboxylic acids is 1. The Bertz CT molecular complexity index is 1210. The molecule has 4 rings (SSSR count). The third-order valence-corrected chi connectivity index (χ3v) is 6.19. The number of hydrogen-bond donors (Lipinski definition) is 1. The average Bonchev–Trinajstić information content (AvgIpc) is 3.31. The van der Waals surface area contributed by atoms with Crippen LogP contribution >= 0.6 is 41.9 Å². The number of nitrogens with one attached hydrogen (secondary N) is 1. The van der Waals surface area contributed by atoms with Crippen LogP contribution in [0.2, 0.25) is 5.02 Å². The lowest BCUT2D eigenvalue weighted by Crippen LogP contribution is -2.21. The first-order valence-corrected chi connectivity index (χ1v) is 12.2. The highest BCUT2D eigenvalue weighted by atomic mass is 127. The quantitative estimate of drug-likeness (QED) is 0.265. The molecule has 0 aromatic carbocycles. The fraction of sp³-hybridized carbons (Fsp3) is 0.222. The number of halogens is 2. The molecule has 0 spiro atoms. The third-order valence-electron chi connectivity index (χ3n) is 4.28. The van der Waals surface area contributed by atoms with Gasteiger partial charge in [0.05, 0.1) is 24.8 Å². The maximum absolute atomic E-state index is 11.6. The van der Waals surface area contributed by atoms with Gasteiger partial charge in [-0.2, -0.15) is 0 Å². The Morgan fingerprint density at radius 1 is 1.48 bits per heavy atom. The molecule has 0 saturated heterocycles. The van der Waals surface area contributed by atoms with E-state index in [1.807, 2.05) is 23.2 Å². The van der Waals surface area contributed by atoms with Gasteiger partial charge < -0.3 is 14.5 Å². The van der Waals surface area contributed by atoms with E-state index in [1.165, 1.54) is 16.2 Å². The van der Waals surface area contributed by atoms with Crippen LogP contribution in [0.5, 0.6) is 0 Å². The zero-order chi connectivity index (χ0) is 20.5. The van der Waals surface area contributed by atoms with E-state index in [0.717, 1.165) is 16.6 Å².